The normalized spacial score (nSPS) is 18.1. The lowest BCUT2D eigenvalue weighted by Gasteiger charge is -2.21. The summed E-state index contributed by atoms with van der Waals surface area (Å²) in [6.45, 7) is 14.5. The molecule has 0 saturated carbocycles. The van der Waals surface area contributed by atoms with Crippen molar-refractivity contribution in [3.63, 3.8) is 0 Å². The summed E-state index contributed by atoms with van der Waals surface area (Å²) in [6.07, 6.45) is 12.2. The summed E-state index contributed by atoms with van der Waals surface area (Å²) in [5, 5.41) is 0. The van der Waals surface area contributed by atoms with Gasteiger partial charge in [0.2, 0.25) is 0 Å². The third kappa shape index (κ3) is 5.89. The fraction of sp³-hybridized carbons (Fsp3) is 0.267. The molecule has 1 aromatic rings. The molecule has 1 aromatic carbocycles. The first-order valence-corrected chi connectivity index (χ1v) is 10.7. The predicted molar refractivity (Wildman–Crippen MR) is 130 cm³/mol. The van der Waals surface area contributed by atoms with Gasteiger partial charge in [-0.1, -0.05) is 90.8 Å². The molecule has 0 fully saturated rings. The second-order valence-electron chi connectivity index (χ2n) is 8.32. The van der Waals surface area contributed by atoms with Gasteiger partial charge in [0.1, 0.15) is 0 Å². The molecule has 0 amide bonds. The molecule has 0 N–H and O–H groups in total. The molecule has 0 spiro atoms. The van der Waals surface area contributed by atoms with Crippen LogP contribution < -0.4 is 0 Å². The Morgan fingerprint density at radius 3 is 2.47 bits per heavy atom. The zero-order chi connectivity index (χ0) is 21.5. The van der Waals surface area contributed by atoms with Crippen LogP contribution in [0.1, 0.15) is 50.7 Å². The minimum absolute atomic E-state index is 0.357. The van der Waals surface area contributed by atoms with Crippen LogP contribution in [0.25, 0.3) is 0 Å². The molecule has 150 valence electrons. The maximum absolute atomic E-state index is 4.12. The molecule has 0 saturated heterocycles. The van der Waals surface area contributed by atoms with Gasteiger partial charge < -0.3 is 0 Å². The summed E-state index contributed by atoms with van der Waals surface area (Å²) in [7, 11) is 0. The summed E-state index contributed by atoms with van der Waals surface area (Å²) in [6, 6.07) is 8.37. The summed E-state index contributed by atoms with van der Waals surface area (Å²) in [5.41, 5.74) is 9.55. The quantitative estimate of drug-likeness (QED) is 0.372. The Morgan fingerprint density at radius 2 is 1.80 bits per heavy atom. The van der Waals surface area contributed by atoms with Crippen LogP contribution in [0, 0.1) is 36.5 Å². The van der Waals surface area contributed by atoms with Crippen molar-refractivity contribution in [2.75, 3.05) is 0 Å². The van der Waals surface area contributed by atoms with E-state index >= 15 is 0 Å². The number of hydrogen-bond donors (Lipinski definition) is 0. The Morgan fingerprint density at radius 1 is 1.03 bits per heavy atom. The van der Waals surface area contributed by atoms with Crippen LogP contribution >= 0.6 is 0 Å². The van der Waals surface area contributed by atoms with Gasteiger partial charge >= 0.3 is 0 Å². The van der Waals surface area contributed by atoms with E-state index in [1.54, 1.807) is 0 Å². The van der Waals surface area contributed by atoms with E-state index in [-0.39, 0.29) is 0 Å². The monoisotopic (exact) mass is 390 g/mol. The van der Waals surface area contributed by atoms with E-state index in [9.17, 15) is 0 Å². The van der Waals surface area contributed by atoms with Crippen LogP contribution in [0.2, 0.25) is 0 Å². The van der Waals surface area contributed by atoms with E-state index in [4.69, 9.17) is 0 Å². The SMILES string of the molecule is C=CC(=C)CC1=C(C#CC2=CC=C(C)CC2)CC(C)C(C#Cc2ccc(C)cc2)=C1. The first-order chi connectivity index (χ1) is 14.4. The Bertz CT molecular complexity index is 1090. The molecular formula is C30H30. The molecule has 0 heteroatoms. The Hall–Kier alpha value is -3.22. The molecular weight excluding hydrogens is 360 g/mol. The largest absolute Gasteiger partial charge is 0.0988 e. The zero-order valence-corrected chi connectivity index (χ0v) is 18.4. The van der Waals surface area contributed by atoms with Gasteiger partial charge in [-0.05, 0) is 69.2 Å². The topological polar surface area (TPSA) is 0 Å². The molecule has 0 heterocycles. The highest BCUT2D eigenvalue weighted by Crippen LogP contribution is 2.32. The number of rotatable bonds is 3. The maximum atomic E-state index is 4.12. The zero-order valence-electron chi connectivity index (χ0n) is 18.4. The second-order valence-corrected chi connectivity index (χ2v) is 8.32. The molecule has 2 aliphatic carbocycles. The van der Waals surface area contributed by atoms with Crippen LogP contribution in [0.4, 0.5) is 0 Å². The van der Waals surface area contributed by atoms with Crippen LogP contribution in [0.3, 0.4) is 0 Å². The van der Waals surface area contributed by atoms with Crippen molar-refractivity contribution in [3.05, 3.63) is 106 Å². The Labute approximate surface area is 182 Å². The van der Waals surface area contributed by atoms with Gasteiger partial charge in [0.15, 0.2) is 0 Å². The van der Waals surface area contributed by atoms with Crippen LogP contribution in [-0.2, 0) is 0 Å². The number of hydrogen-bond acceptors (Lipinski definition) is 0. The molecule has 0 nitrogen and oxygen atoms in total. The average molecular weight is 391 g/mol. The second kappa shape index (κ2) is 10.0. The molecule has 0 aromatic heterocycles. The van der Waals surface area contributed by atoms with Crippen molar-refractivity contribution >= 4 is 0 Å². The minimum Gasteiger partial charge on any atom is -0.0988 e. The highest BCUT2D eigenvalue weighted by molar-refractivity contribution is 5.54. The van der Waals surface area contributed by atoms with E-state index in [0.29, 0.717) is 5.92 Å². The fourth-order valence-corrected chi connectivity index (χ4v) is 3.51. The van der Waals surface area contributed by atoms with Gasteiger partial charge in [-0.15, -0.1) is 0 Å². The van der Waals surface area contributed by atoms with Crippen LogP contribution in [0.5, 0.6) is 0 Å². The molecule has 0 bridgehead atoms. The number of allylic oxidation sites excluding steroid dienone is 10. The molecule has 1 atom stereocenters. The summed E-state index contributed by atoms with van der Waals surface area (Å²) in [5.74, 6) is 14.0. The molecule has 0 aliphatic heterocycles. The Kier molecular flexibility index (Phi) is 7.17. The van der Waals surface area contributed by atoms with Gasteiger partial charge in [0.05, 0.1) is 0 Å². The van der Waals surface area contributed by atoms with Crippen molar-refractivity contribution in [2.45, 2.75) is 46.5 Å². The summed E-state index contributed by atoms with van der Waals surface area (Å²) < 4.78 is 0. The van der Waals surface area contributed by atoms with Gasteiger partial charge in [-0.2, -0.15) is 0 Å². The van der Waals surface area contributed by atoms with Crippen molar-refractivity contribution in [3.8, 4) is 23.7 Å². The van der Waals surface area contributed by atoms with Crippen molar-refractivity contribution in [2.24, 2.45) is 5.92 Å². The third-order valence-electron chi connectivity index (χ3n) is 5.60. The maximum Gasteiger partial charge on any atom is 0.0249 e. The lowest BCUT2D eigenvalue weighted by atomic mass is 9.82. The smallest absolute Gasteiger partial charge is 0.0249 e. The van der Waals surface area contributed by atoms with Crippen molar-refractivity contribution in [1.29, 1.82) is 0 Å². The molecule has 30 heavy (non-hydrogen) atoms. The van der Waals surface area contributed by atoms with E-state index in [0.717, 1.165) is 36.8 Å². The lowest BCUT2D eigenvalue weighted by Crippen LogP contribution is -2.08. The molecule has 1 unspecified atom stereocenters. The van der Waals surface area contributed by atoms with Gasteiger partial charge in [0, 0.05) is 22.3 Å². The Balaban J connectivity index is 1.93. The van der Waals surface area contributed by atoms with Crippen molar-refractivity contribution in [1.82, 2.24) is 0 Å². The average Bonchev–Trinajstić information content (AvgIpc) is 2.74. The third-order valence-corrected chi connectivity index (χ3v) is 5.60. The van der Waals surface area contributed by atoms with E-state index < -0.39 is 0 Å². The highest BCUT2D eigenvalue weighted by Gasteiger charge is 2.18. The van der Waals surface area contributed by atoms with Crippen LogP contribution in [-0.4, -0.2) is 0 Å². The predicted octanol–water partition coefficient (Wildman–Crippen LogP) is 7.41. The number of benzene rings is 1. The standard InChI is InChI=1S/C30H30/c1-6-22(2)19-30-21-28(17-15-26-11-7-23(3)8-12-26)25(5)20-29(30)18-16-27-13-9-24(4)10-14-27/h6-9,11-13,21,25H,1-2,10,14,19-20H2,3-5H3. The highest BCUT2D eigenvalue weighted by atomic mass is 14.2. The lowest BCUT2D eigenvalue weighted by molar-refractivity contribution is 0.686. The molecule has 2 aliphatic rings. The minimum atomic E-state index is 0.357. The van der Waals surface area contributed by atoms with Crippen LogP contribution in [0.15, 0.2) is 95.2 Å². The van der Waals surface area contributed by atoms with Gasteiger partial charge in [-0.25, -0.2) is 0 Å². The van der Waals surface area contributed by atoms with Gasteiger partial charge in [-0.3, -0.25) is 0 Å². The van der Waals surface area contributed by atoms with E-state index in [1.807, 2.05) is 6.08 Å². The first kappa shape index (κ1) is 21.5. The summed E-state index contributed by atoms with van der Waals surface area (Å²) >= 11 is 0. The van der Waals surface area contributed by atoms with E-state index in [2.05, 4.69) is 100 Å². The van der Waals surface area contributed by atoms with Crippen molar-refractivity contribution < 1.29 is 0 Å². The fourth-order valence-electron chi connectivity index (χ4n) is 3.51. The van der Waals surface area contributed by atoms with E-state index in [1.165, 1.54) is 33.4 Å². The molecule has 0 radical (unpaired) electrons. The summed E-state index contributed by atoms with van der Waals surface area (Å²) in [4.78, 5) is 0. The molecule has 3 rings (SSSR count). The first-order valence-electron chi connectivity index (χ1n) is 10.7. The number of aryl methyl sites for hydroxylation is 1. The van der Waals surface area contributed by atoms with Gasteiger partial charge in [0.25, 0.3) is 0 Å².